The number of rotatable bonds is 8. The van der Waals surface area contributed by atoms with Crippen LogP contribution in [-0.4, -0.2) is 75.5 Å². The Bertz CT molecular complexity index is 901. The van der Waals surface area contributed by atoms with Crippen molar-refractivity contribution < 1.29 is 32.6 Å². The van der Waals surface area contributed by atoms with Crippen LogP contribution in [0.25, 0.3) is 0 Å². The molecule has 1 aromatic carbocycles. The van der Waals surface area contributed by atoms with Gasteiger partial charge in [-0.15, -0.1) is 0 Å². The molecule has 1 unspecified atom stereocenters. The molecule has 11 heteroatoms. The monoisotopic (exact) mass is 484 g/mol. The third-order valence-electron chi connectivity index (χ3n) is 5.40. The molecule has 1 aliphatic heterocycles. The van der Waals surface area contributed by atoms with Gasteiger partial charge >= 0.3 is 12.1 Å². The SMILES string of the molecule is CCN(CC)CC1CN(C(=O)CCOc2ccccc2)Cc2ccnn2C1.O=C(O)C(F)(F)F. The third-order valence-corrected chi connectivity index (χ3v) is 5.40. The molecule has 0 saturated carbocycles. The molecule has 1 N–H and O–H groups in total. The van der Waals surface area contributed by atoms with Gasteiger partial charge in [-0.25, -0.2) is 4.79 Å². The lowest BCUT2D eigenvalue weighted by Gasteiger charge is -2.28. The number of carboxylic acid groups (broad SMARTS) is 1. The Kier molecular flexibility index (Phi) is 10.4. The van der Waals surface area contributed by atoms with Crippen LogP contribution in [-0.2, 0) is 22.7 Å². The molecule has 1 amide bonds. The fourth-order valence-electron chi connectivity index (χ4n) is 3.62. The van der Waals surface area contributed by atoms with Gasteiger partial charge < -0.3 is 19.6 Å². The third kappa shape index (κ3) is 8.69. The van der Waals surface area contributed by atoms with E-state index >= 15 is 0 Å². The average Bonchev–Trinajstić information content (AvgIpc) is 3.15. The van der Waals surface area contributed by atoms with E-state index in [4.69, 9.17) is 14.6 Å². The topological polar surface area (TPSA) is 87.9 Å². The second-order valence-electron chi connectivity index (χ2n) is 7.85. The van der Waals surface area contributed by atoms with Gasteiger partial charge in [0, 0.05) is 31.7 Å². The van der Waals surface area contributed by atoms with Crippen molar-refractivity contribution in [1.29, 1.82) is 0 Å². The summed E-state index contributed by atoms with van der Waals surface area (Å²) in [5.74, 6) is -1.43. The molecule has 0 spiro atoms. The second kappa shape index (κ2) is 13.0. The zero-order valence-electron chi connectivity index (χ0n) is 19.4. The Hall–Kier alpha value is -3.08. The molecule has 0 saturated heterocycles. The molecule has 2 heterocycles. The number of benzene rings is 1. The molecule has 1 atom stereocenters. The molecule has 0 bridgehead atoms. The number of hydrogen-bond donors (Lipinski definition) is 1. The van der Waals surface area contributed by atoms with Crippen LogP contribution in [0.3, 0.4) is 0 Å². The maximum absolute atomic E-state index is 12.8. The van der Waals surface area contributed by atoms with Gasteiger partial charge in [0.25, 0.3) is 0 Å². The van der Waals surface area contributed by atoms with E-state index < -0.39 is 12.1 Å². The molecular formula is C23H31F3N4O4. The summed E-state index contributed by atoms with van der Waals surface area (Å²) in [5, 5.41) is 11.6. The van der Waals surface area contributed by atoms with Crippen molar-refractivity contribution in [3.63, 3.8) is 0 Å². The number of carbonyl (C=O) groups excluding carboxylic acids is 1. The van der Waals surface area contributed by atoms with Crippen molar-refractivity contribution >= 4 is 11.9 Å². The largest absolute Gasteiger partial charge is 0.493 e. The lowest BCUT2D eigenvalue weighted by molar-refractivity contribution is -0.192. The first-order valence-electron chi connectivity index (χ1n) is 11.1. The molecule has 0 radical (unpaired) electrons. The minimum absolute atomic E-state index is 0.144. The van der Waals surface area contributed by atoms with E-state index in [0.29, 0.717) is 25.5 Å². The number of carbonyl (C=O) groups is 2. The van der Waals surface area contributed by atoms with E-state index in [1.807, 2.05) is 47.5 Å². The molecule has 1 aromatic heterocycles. The number of fused-ring (bicyclic) bond motifs is 1. The fraction of sp³-hybridized carbons (Fsp3) is 0.522. The average molecular weight is 485 g/mol. The maximum atomic E-state index is 12.8. The van der Waals surface area contributed by atoms with Crippen molar-refractivity contribution in [1.82, 2.24) is 19.6 Å². The van der Waals surface area contributed by atoms with E-state index in [0.717, 1.165) is 44.2 Å². The number of amides is 1. The van der Waals surface area contributed by atoms with Crippen LogP contribution in [0.15, 0.2) is 42.6 Å². The maximum Gasteiger partial charge on any atom is 0.490 e. The van der Waals surface area contributed by atoms with Crippen LogP contribution in [0.2, 0.25) is 0 Å². The summed E-state index contributed by atoms with van der Waals surface area (Å²) in [6.45, 7) is 10.1. The van der Waals surface area contributed by atoms with E-state index in [9.17, 15) is 18.0 Å². The highest BCUT2D eigenvalue weighted by Gasteiger charge is 2.38. The van der Waals surface area contributed by atoms with Gasteiger partial charge in [-0.2, -0.15) is 18.3 Å². The lowest BCUT2D eigenvalue weighted by Crippen LogP contribution is -2.39. The first-order valence-corrected chi connectivity index (χ1v) is 11.1. The molecule has 3 rings (SSSR count). The number of ether oxygens (including phenoxy) is 1. The van der Waals surface area contributed by atoms with E-state index in [-0.39, 0.29) is 5.91 Å². The highest BCUT2D eigenvalue weighted by Crippen LogP contribution is 2.18. The Morgan fingerprint density at radius 2 is 1.79 bits per heavy atom. The fourth-order valence-corrected chi connectivity index (χ4v) is 3.62. The first-order chi connectivity index (χ1) is 16.1. The van der Waals surface area contributed by atoms with Gasteiger partial charge in [0.15, 0.2) is 0 Å². The summed E-state index contributed by atoms with van der Waals surface area (Å²) in [4.78, 5) is 26.1. The number of aliphatic carboxylic acids is 1. The standard InChI is InChI=1S/C21H30N4O2.C2HF3O2/c1-3-23(4-2)14-18-15-24(17-19-10-12-22-25(19)16-18)21(26)11-13-27-20-8-6-5-7-9-20;3-2(4,5)1(6)7/h5-10,12,18H,3-4,11,13-17H2,1-2H3;(H,6,7). The number of hydrogen-bond acceptors (Lipinski definition) is 5. The summed E-state index contributed by atoms with van der Waals surface area (Å²) < 4.78 is 39.5. The molecule has 8 nitrogen and oxygen atoms in total. The highest BCUT2D eigenvalue weighted by molar-refractivity contribution is 5.76. The second-order valence-corrected chi connectivity index (χ2v) is 7.85. The Balaban J connectivity index is 0.000000509. The van der Waals surface area contributed by atoms with Gasteiger partial charge in [0.05, 0.1) is 25.3 Å². The van der Waals surface area contributed by atoms with Gasteiger partial charge in [0.1, 0.15) is 5.75 Å². The van der Waals surface area contributed by atoms with Crippen LogP contribution in [0.4, 0.5) is 13.2 Å². The molecular weight excluding hydrogens is 453 g/mol. The Morgan fingerprint density at radius 1 is 1.15 bits per heavy atom. The Labute approximate surface area is 196 Å². The summed E-state index contributed by atoms with van der Waals surface area (Å²) in [6.07, 6.45) is -2.86. The zero-order valence-corrected chi connectivity index (χ0v) is 19.4. The Morgan fingerprint density at radius 3 is 2.38 bits per heavy atom. The van der Waals surface area contributed by atoms with Gasteiger partial charge in [-0.05, 0) is 31.3 Å². The number of halogens is 3. The molecule has 2 aromatic rings. The number of carboxylic acids is 1. The van der Waals surface area contributed by atoms with Crippen molar-refractivity contribution in [3.8, 4) is 5.75 Å². The van der Waals surface area contributed by atoms with Crippen LogP contribution in [0.1, 0.15) is 26.0 Å². The summed E-state index contributed by atoms with van der Waals surface area (Å²) in [6, 6.07) is 11.7. The normalized spacial score (nSPS) is 15.7. The molecule has 1 aliphatic rings. The van der Waals surface area contributed by atoms with Crippen LogP contribution in [0.5, 0.6) is 5.75 Å². The minimum Gasteiger partial charge on any atom is -0.493 e. The van der Waals surface area contributed by atoms with Crippen LogP contribution < -0.4 is 4.74 Å². The van der Waals surface area contributed by atoms with E-state index in [2.05, 4.69) is 28.5 Å². The van der Waals surface area contributed by atoms with Crippen LogP contribution in [0, 0.1) is 5.92 Å². The summed E-state index contributed by atoms with van der Waals surface area (Å²) in [5.41, 5.74) is 1.11. The van der Waals surface area contributed by atoms with Gasteiger partial charge in [0.2, 0.25) is 5.91 Å². The number of para-hydroxylation sites is 1. The summed E-state index contributed by atoms with van der Waals surface area (Å²) >= 11 is 0. The highest BCUT2D eigenvalue weighted by atomic mass is 19.4. The molecule has 188 valence electrons. The first kappa shape index (κ1) is 27.2. The van der Waals surface area contributed by atoms with E-state index in [1.165, 1.54) is 0 Å². The quantitative estimate of drug-likeness (QED) is 0.619. The van der Waals surface area contributed by atoms with Crippen LogP contribution >= 0.6 is 0 Å². The number of nitrogens with zero attached hydrogens (tertiary/aromatic N) is 4. The van der Waals surface area contributed by atoms with Gasteiger partial charge in [-0.1, -0.05) is 32.0 Å². The lowest BCUT2D eigenvalue weighted by atomic mass is 10.1. The van der Waals surface area contributed by atoms with Crippen molar-refractivity contribution in [3.05, 3.63) is 48.3 Å². The van der Waals surface area contributed by atoms with Crippen molar-refractivity contribution in [2.75, 3.05) is 32.8 Å². The minimum atomic E-state index is -5.08. The van der Waals surface area contributed by atoms with Crippen molar-refractivity contribution in [2.45, 2.75) is 39.5 Å². The smallest absolute Gasteiger partial charge is 0.490 e. The molecule has 34 heavy (non-hydrogen) atoms. The molecule has 0 aliphatic carbocycles. The summed E-state index contributed by atoms with van der Waals surface area (Å²) in [7, 11) is 0. The number of aromatic nitrogens is 2. The number of alkyl halides is 3. The van der Waals surface area contributed by atoms with Gasteiger partial charge in [-0.3, -0.25) is 9.48 Å². The van der Waals surface area contributed by atoms with E-state index in [1.54, 1.807) is 0 Å². The predicted octanol–water partition coefficient (Wildman–Crippen LogP) is 3.29. The van der Waals surface area contributed by atoms with Crippen molar-refractivity contribution in [2.24, 2.45) is 5.92 Å². The molecule has 0 fully saturated rings. The predicted molar refractivity (Wildman–Crippen MR) is 119 cm³/mol. The zero-order chi connectivity index (χ0) is 25.1.